The first-order valence-electron chi connectivity index (χ1n) is 9.81. The van der Waals surface area contributed by atoms with Gasteiger partial charge in [-0.25, -0.2) is 4.79 Å². The third kappa shape index (κ3) is 3.36. The highest BCUT2D eigenvalue weighted by molar-refractivity contribution is 5.82. The quantitative estimate of drug-likeness (QED) is 0.828. The monoisotopic (exact) mass is 410 g/mol. The summed E-state index contributed by atoms with van der Waals surface area (Å²) in [4.78, 5) is 26.1. The molecule has 0 bridgehead atoms. The maximum Gasteiger partial charge on any atom is 0.416 e. The van der Waals surface area contributed by atoms with Gasteiger partial charge in [0.2, 0.25) is 5.91 Å². The lowest BCUT2D eigenvalue weighted by molar-refractivity contribution is -0.140. The largest absolute Gasteiger partial charge is 0.453 e. The summed E-state index contributed by atoms with van der Waals surface area (Å²) >= 11 is 0. The predicted molar refractivity (Wildman–Crippen MR) is 99.2 cm³/mol. The van der Waals surface area contributed by atoms with E-state index in [-0.39, 0.29) is 28.7 Å². The van der Waals surface area contributed by atoms with Crippen molar-refractivity contribution in [1.29, 1.82) is 0 Å². The molecule has 158 valence electrons. The van der Waals surface area contributed by atoms with Gasteiger partial charge in [-0.05, 0) is 56.2 Å². The summed E-state index contributed by atoms with van der Waals surface area (Å²) in [6, 6.07) is 4.58. The molecule has 0 radical (unpaired) electrons. The van der Waals surface area contributed by atoms with Crippen LogP contribution in [0.3, 0.4) is 0 Å². The fraction of sp³-hybridized carbons (Fsp3) is 0.619. The molecule has 0 aromatic heterocycles. The number of methoxy groups -OCH3 is 1. The third-order valence-corrected chi connectivity index (χ3v) is 6.91. The number of amides is 2. The van der Waals surface area contributed by atoms with E-state index in [2.05, 4.69) is 10.1 Å². The molecule has 1 aromatic rings. The van der Waals surface area contributed by atoms with E-state index in [1.165, 1.54) is 26.2 Å². The zero-order valence-electron chi connectivity index (χ0n) is 16.7. The number of ether oxygens (including phenoxy) is 1. The van der Waals surface area contributed by atoms with E-state index in [4.69, 9.17) is 0 Å². The summed E-state index contributed by atoms with van der Waals surface area (Å²) in [6.45, 7) is 4.40. The first kappa shape index (κ1) is 20.0. The van der Waals surface area contributed by atoms with Gasteiger partial charge in [-0.2, -0.15) is 13.2 Å². The molecule has 5 nitrogen and oxygen atoms in total. The number of likely N-dealkylation sites (tertiary alicyclic amines) is 1. The van der Waals surface area contributed by atoms with E-state index in [9.17, 15) is 22.8 Å². The number of benzene rings is 1. The van der Waals surface area contributed by atoms with Gasteiger partial charge in [-0.3, -0.25) is 4.79 Å². The number of piperidine rings is 1. The number of hydrogen-bond acceptors (Lipinski definition) is 3. The number of aryl methyl sites for hydroxylation is 1. The molecule has 2 amide bonds. The second-order valence-electron chi connectivity index (χ2n) is 9.09. The van der Waals surface area contributed by atoms with Crippen LogP contribution in [0.2, 0.25) is 0 Å². The van der Waals surface area contributed by atoms with Crippen LogP contribution >= 0.6 is 0 Å². The Labute approximate surface area is 167 Å². The number of alkyl halides is 3. The van der Waals surface area contributed by atoms with Crippen LogP contribution in [0.25, 0.3) is 0 Å². The highest BCUT2D eigenvalue weighted by atomic mass is 19.4. The summed E-state index contributed by atoms with van der Waals surface area (Å²) in [5.74, 6) is 0.0780. The molecule has 2 saturated carbocycles. The maximum absolute atomic E-state index is 13.3. The highest BCUT2D eigenvalue weighted by Gasteiger charge is 2.62. The molecule has 4 rings (SSSR count). The average molecular weight is 410 g/mol. The number of fused-ring (bicyclic) bond motifs is 1. The molecule has 1 aliphatic heterocycles. The number of nitrogens with zero attached hydrogens (tertiary/aromatic N) is 1. The molecular formula is C21H25F3N2O3. The van der Waals surface area contributed by atoms with Gasteiger partial charge >= 0.3 is 12.3 Å². The molecule has 29 heavy (non-hydrogen) atoms. The lowest BCUT2D eigenvalue weighted by Crippen LogP contribution is -2.58. The van der Waals surface area contributed by atoms with Crippen LogP contribution in [0.4, 0.5) is 18.0 Å². The van der Waals surface area contributed by atoms with Crippen molar-refractivity contribution in [3.8, 4) is 0 Å². The fourth-order valence-electron chi connectivity index (χ4n) is 5.19. The summed E-state index contributed by atoms with van der Waals surface area (Å²) < 4.78 is 44.5. The lowest BCUT2D eigenvalue weighted by Gasteiger charge is -2.45. The highest BCUT2D eigenvalue weighted by Crippen LogP contribution is 2.60. The smallest absolute Gasteiger partial charge is 0.416 e. The number of carbonyl (C=O) groups is 2. The molecule has 1 heterocycles. The molecule has 2 atom stereocenters. The minimum Gasteiger partial charge on any atom is -0.453 e. The van der Waals surface area contributed by atoms with E-state index >= 15 is 0 Å². The van der Waals surface area contributed by atoms with Crippen molar-refractivity contribution < 1.29 is 27.5 Å². The second-order valence-corrected chi connectivity index (χ2v) is 9.09. The van der Waals surface area contributed by atoms with Gasteiger partial charge in [0.05, 0.1) is 12.7 Å². The molecule has 2 unspecified atom stereocenters. The molecule has 8 heteroatoms. The van der Waals surface area contributed by atoms with Crippen molar-refractivity contribution in [2.75, 3.05) is 20.2 Å². The molecule has 1 saturated heterocycles. The first-order chi connectivity index (χ1) is 13.5. The molecule has 1 N–H and O–H groups in total. The number of rotatable bonds is 3. The molecule has 0 spiro atoms. The van der Waals surface area contributed by atoms with Crippen LogP contribution in [0.15, 0.2) is 18.2 Å². The Kier molecular flexibility index (Phi) is 4.40. The van der Waals surface area contributed by atoms with Crippen LogP contribution < -0.4 is 5.32 Å². The Balaban J connectivity index is 1.43. The van der Waals surface area contributed by atoms with E-state index in [1.54, 1.807) is 11.0 Å². The Bertz CT molecular complexity index is 863. The van der Waals surface area contributed by atoms with Gasteiger partial charge in [0.25, 0.3) is 0 Å². The summed E-state index contributed by atoms with van der Waals surface area (Å²) in [5.41, 5.74) is -0.495. The van der Waals surface area contributed by atoms with Gasteiger partial charge in [0, 0.05) is 30.0 Å². The normalized spacial score (nSPS) is 33.0. The van der Waals surface area contributed by atoms with E-state index in [1.807, 2.05) is 6.92 Å². The standard InChI is InChI=1S/C21H25F3N2O3/c1-12-4-5-14(6-16(12)21(22,23)24)20-9-15(20)10-26(11-20)17(27)13-7-19(2,8-13)25-18(28)29-3/h4-6,13,15H,7-11H2,1-3H3,(H,25,28)/t13-,15?,19+,20?. The van der Waals surface area contributed by atoms with Crippen molar-refractivity contribution in [3.05, 3.63) is 34.9 Å². The van der Waals surface area contributed by atoms with E-state index < -0.39 is 23.4 Å². The summed E-state index contributed by atoms with van der Waals surface area (Å²) in [5, 5.41) is 2.76. The van der Waals surface area contributed by atoms with Gasteiger partial charge < -0.3 is 15.0 Å². The minimum atomic E-state index is -4.38. The number of nitrogens with one attached hydrogen (secondary N) is 1. The summed E-state index contributed by atoms with van der Waals surface area (Å²) in [6.07, 6.45) is -2.99. The lowest BCUT2D eigenvalue weighted by atomic mass is 9.69. The van der Waals surface area contributed by atoms with Crippen LogP contribution in [-0.4, -0.2) is 42.6 Å². The minimum absolute atomic E-state index is 0.0314. The summed E-state index contributed by atoms with van der Waals surface area (Å²) in [7, 11) is 1.30. The number of carbonyl (C=O) groups excluding carboxylic acids is 2. The molecule has 3 fully saturated rings. The Morgan fingerprint density at radius 3 is 2.55 bits per heavy atom. The predicted octanol–water partition coefficient (Wildman–Crippen LogP) is 3.64. The van der Waals surface area contributed by atoms with Gasteiger partial charge in [-0.1, -0.05) is 12.1 Å². The zero-order valence-corrected chi connectivity index (χ0v) is 16.7. The molecule has 1 aromatic carbocycles. The van der Waals surface area contributed by atoms with Crippen LogP contribution in [0.1, 0.15) is 42.9 Å². The number of hydrogen-bond donors (Lipinski definition) is 1. The third-order valence-electron chi connectivity index (χ3n) is 6.91. The van der Waals surface area contributed by atoms with Crippen molar-refractivity contribution in [1.82, 2.24) is 10.2 Å². The Morgan fingerprint density at radius 2 is 1.93 bits per heavy atom. The van der Waals surface area contributed by atoms with Gasteiger partial charge in [-0.15, -0.1) is 0 Å². The second kappa shape index (κ2) is 6.37. The van der Waals surface area contributed by atoms with Gasteiger partial charge in [0.1, 0.15) is 0 Å². The number of halogens is 3. The van der Waals surface area contributed by atoms with E-state index in [0.29, 0.717) is 31.5 Å². The zero-order chi connectivity index (χ0) is 21.2. The maximum atomic E-state index is 13.3. The average Bonchev–Trinajstić information content (AvgIpc) is 3.19. The molecule has 3 aliphatic rings. The first-order valence-corrected chi connectivity index (χ1v) is 9.81. The van der Waals surface area contributed by atoms with Crippen molar-refractivity contribution in [2.24, 2.45) is 11.8 Å². The fourth-order valence-corrected chi connectivity index (χ4v) is 5.19. The van der Waals surface area contributed by atoms with Crippen LogP contribution in [0.5, 0.6) is 0 Å². The number of alkyl carbamates (subject to hydrolysis) is 1. The SMILES string of the molecule is COC(=O)N[C@]1(C)C[C@H](C(=O)N2CC3CC3(c3ccc(C)c(C(F)(F)F)c3)C2)C1. The van der Waals surface area contributed by atoms with Crippen molar-refractivity contribution in [2.45, 2.75) is 50.2 Å². The van der Waals surface area contributed by atoms with E-state index in [0.717, 1.165) is 6.42 Å². The van der Waals surface area contributed by atoms with Crippen LogP contribution in [0, 0.1) is 18.8 Å². The molecule has 2 aliphatic carbocycles. The Hall–Kier alpha value is -2.25. The van der Waals surface area contributed by atoms with Gasteiger partial charge in [0.15, 0.2) is 0 Å². The van der Waals surface area contributed by atoms with Crippen molar-refractivity contribution in [3.63, 3.8) is 0 Å². The molecular weight excluding hydrogens is 385 g/mol. The van der Waals surface area contributed by atoms with Crippen molar-refractivity contribution >= 4 is 12.0 Å². The van der Waals surface area contributed by atoms with Crippen LogP contribution in [-0.2, 0) is 21.1 Å². The topological polar surface area (TPSA) is 58.6 Å². The Morgan fingerprint density at radius 1 is 1.24 bits per heavy atom.